The number of aliphatic hydroxyl groups is 1. The Balaban J connectivity index is 2.15. The minimum atomic E-state index is -0.851. The fourth-order valence-electron chi connectivity index (χ4n) is 1.93. The second-order valence-electron chi connectivity index (χ2n) is 4.52. The quantitative estimate of drug-likeness (QED) is 0.625. The van der Waals surface area contributed by atoms with Crippen molar-refractivity contribution in [2.24, 2.45) is 0 Å². The molecule has 2 N–H and O–H groups in total. The van der Waals surface area contributed by atoms with Gasteiger partial charge >= 0.3 is 0 Å². The van der Waals surface area contributed by atoms with Crippen LogP contribution in [0, 0.1) is 20.2 Å². The number of hydrogen-bond donors (Lipinski definition) is 2. The Morgan fingerprint density at radius 3 is 2.32 bits per heavy atom. The average molecular weight is 303 g/mol. The SMILES string of the molecule is O=[N+]([O-])c1ccc(NC[C@@H](O)c2ccccc2)c([N+](=O)[O-])c1. The standard InChI is InChI=1S/C14H13N3O5/c18-14(10-4-2-1-3-5-10)9-15-12-7-6-11(16(19)20)8-13(12)17(21)22/h1-8,14-15,18H,9H2/t14-/m1/s1. The number of rotatable bonds is 6. The molecule has 0 aromatic heterocycles. The van der Waals surface area contributed by atoms with Gasteiger partial charge in [-0.25, -0.2) is 0 Å². The number of nitro benzene ring substituents is 2. The Hall–Kier alpha value is -3.00. The summed E-state index contributed by atoms with van der Waals surface area (Å²) in [5.41, 5.74) is 0.0143. The van der Waals surface area contributed by atoms with E-state index in [4.69, 9.17) is 0 Å². The predicted octanol–water partition coefficient (Wildman–Crippen LogP) is 2.65. The number of anilines is 1. The highest BCUT2D eigenvalue weighted by atomic mass is 16.6. The van der Waals surface area contributed by atoms with E-state index >= 15 is 0 Å². The largest absolute Gasteiger partial charge is 0.387 e. The summed E-state index contributed by atoms with van der Waals surface area (Å²) in [6.45, 7) is 0.0443. The molecule has 0 unspecified atom stereocenters. The number of non-ortho nitro benzene ring substituents is 1. The zero-order chi connectivity index (χ0) is 16.1. The third-order valence-corrected chi connectivity index (χ3v) is 3.06. The van der Waals surface area contributed by atoms with Crippen LogP contribution in [0.15, 0.2) is 48.5 Å². The normalized spacial score (nSPS) is 11.7. The topological polar surface area (TPSA) is 119 Å². The summed E-state index contributed by atoms with van der Waals surface area (Å²) in [7, 11) is 0. The first-order chi connectivity index (χ1) is 10.5. The van der Waals surface area contributed by atoms with Gasteiger partial charge in [0.25, 0.3) is 11.4 Å². The van der Waals surface area contributed by atoms with Crippen molar-refractivity contribution in [2.45, 2.75) is 6.10 Å². The number of nitrogens with zero attached hydrogens (tertiary/aromatic N) is 2. The lowest BCUT2D eigenvalue weighted by Crippen LogP contribution is -2.13. The van der Waals surface area contributed by atoms with Gasteiger partial charge in [0.2, 0.25) is 0 Å². The fourth-order valence-corrected chi connectivity index (χ4v) is 1.93. The van der Waals surface area contributed by atoms with Crippen LogP contribution in [0.25, 0.3) is 0 Å². The summed E-state index contributed by atoms with van der Waals surface area (Å²) < 4.78 is 0. The molecule has 8 nitrogen and oxygen atoms in total. The highest BCUT2D eigenvalue weighted by Gasteiger charge is 2.20. The van der Waals surface area contributed by atoms with Crippen molar-refractivity contribution in [3.63, 3.8) is 0 Å². The molecule has 8 heteroatoms. The van der Waals surface area contributed by atoms with Gasteiger partial charge in [-0.1, -0.05) is 30.3 Å². The van der Waals surface area contributed by atoms with E-state index in [2.05, 4.69) is 5.32 Å². The van der Waals surface area contributed by atoms with E-state index in [-0.39, 0.29) is 17.9 Å². The van der Waals surface area contributed by atoms with Crippen LogP contribution in [0.2, 0.25) is 0 Å². The lowest BCUT2D eigenvalue weighted by Gasteiger charge is -2.13. The summed E-state index contributed by atoms with van der Waals surface area (Å²) in [5.74, 6) is 0. The van der Waals surface area contributed by atoms with Gasteiger partial charge in [-0.2, -0.15) is 0 Å². The van der Waals surface area contributed by atoms with Gasteiger partial charge in [0.1, 0.15) is 5.69 Å². The maximum absolute atomic E-state index is 11.0. The van der Waals surface area contributed by atoms with Gasteiger partial charge in [-0.15, -0.1) is 0 Å². The number of hydrogen-bond acceptors (Lipinski definition) is 6. The summed E-state index contributed by atoms with van der Waals surface area (Å²) >= 11 is 0. The summed E-state index contributed by atoms with van der Waals surface area (Å²) in [6.07, 6.45) is -0.851. The molecule has 0 radical (unpaired) electrons. The highest BCUT2D eigenvalue weighted by molar-refractivity contribution is 5.65. The van der Waals surface area contributed by atoms with Crippen LogP contribution < -0.4 is 5.32 Å². The van der Waals surface area contributed by atoms with Crippen LogP contribution in [0.3, 0.4) is 0 Å². The van der Waals surface area contributed by atoms with E-state index < -0.39 is 21.6 Å². The van der Waals surface area contributed by atoms with E-state index in [0.29, 0.717) is 5.56 Å². The molecule has 114 valence electrons. The van der Waals surface area contributed by atoms with Crippen molar-refractivity contribution in [3.8, 4) is 0 Å². The molecule has 0 amide bonds. The molecule has 0 fully saturated rings. The maximum Gasteiger partial charge on any atom is 0.299 e. The Morgan fingerprint density at radius 2 is 1.73 bits per heavy atom. The molecule has 0 saturated heterocycles. The predicted molar refractivity (Wildman–Crippen MR) is 79.6 cm³/mol. The molecule has 22 heavy (non-hydrogen) atoms. The first-order valence-corrected chi connectivity index (χ1v) is 6.38. The molecule has 0 aliphatic rings. The smallest absolute Gasteiger partial charge is 0.299 e. The Labute approximate surface area is 125 Å². The number of nitro groups is 2. The van der Waals surface area contributed by atoms with E-state index in [9.17, 15) is 25.3 Å². The molecule has 2 aromatic carbocycles. The third-order valence-electron chi connectivity index (χ3n) is 3.06. The Kier molecular flexibility index (Phi) is 4.64. The van der Waals surface area contributed by atoms with E-state index in [0.717, 1.165) is 6.07 Å². The van der Waals surface area contributed by atoms with E-state index in [1.165, 1.54) is 12.1 Å². The van der Waals surface area contributed by atoms with Gasteiger partial charge in [-0.3, -0.25) is 20.2 Å². The molecular weight excluding hydrogens is 290 g/mol. The number of benzene rings is 2. The Morgan fingerprint density at radius 1 is 1.05 bits per heavy atom. The number of nitrogens with one attached hydrogen (secondary N) is 1. The van der Waals surface area contributed by atoms with E-state index in [1.54, 1.807) is 24.3 Å². The molecule has 0 aliphatic carbocycles. The monoisotopic (exact) mass is 303 g/mol. The summed E-state index contributed by atoms with van der Waals surface area (Å²) in [6, 6.07) is 12.1. The van der Waals surface area contributed by atoms with Crippen LogP contribution in [0.5, 0.6) is 0 Å². The average Bonchev–Trinajstić information content (AvgIpc) is 2.53. The molecule has 2 aromatic rings. The number of aliphatic hydroxyl groups excluding tert-OH is 1. The fraction of sp³-hybridized carbons (Fsp3) is 0.143. The second kappa shape index (κ2) is 6.64. The minimum Gasteiger partial charge on any atom is -0.387 e. The molecular formula is C14H13N3O5. The molecule has 0 spiro atoms. The minimum absolute atomic E-state index is 0.0443. The second-order valence-corrected chi connectivity index (χ2v) is 4.52. The zero-order valence-electron chi connectivity index (χ0n) is 11.4. The van der Waals surface area contributed by atoms with Gasteiger partial charge in [0.05, 0.1) is 22.0 Å². The molecule has 0 bridgehead atoms. The summed E-state index contributed by atoms with van der Waals surface area (Å²) in [5, 5.41) is 34.4. The van der Waals surface area contributed by atoms with Gasteiger partial charge in [0.15, 0.2) is 0 Å². The molecule has 0 heterocycles. The Bertz CT molecular complexity index is 690. The summed E-state index contributed by atoms with van der Waals surface area (Å²) in [4.78, 5) is 20.2. The van der Waals surface area contributed by atoms with Gasteiger partial charge in [-0.05, 0) is 11.6 Å². The molecule has 0 saturated carbocycles. The van der Waals surface area contributed by atoms with Crippen LogP contribution in [-0.4, -0.2) is 21.5 Å². The molecule has 2 rings (SSSR count). The lowest BCUT2D eigenvalue weighted by molar-refractivity contribution is -0.393. The van der Waals surface area contributed by atoms with Crippen LogP contribution in [0.4, 0.5) is 17.1 Å². The van der Waals surface area contributed by atoms with Gasteiger partial charge in [0, 0.05) is 12.6 Å². The van der Waals surface area contributed by atoms with Crippen molar-refractivity contribution in [3.05, 3.63) is 74.3 Å². The van der Waals surface area contributed by atoms with Crippen molar-refractivity contribution in [1.29, 1.82) is 0 Å². The van der Waals surface area contributed by atoms with Crippen molar-refractivity contribution < 1.29 is 15.0 Å². The third kappa shape index (κ3) is 3.55. The maximum atomic E-state index is 11.0. The van der Waals surface area contributed by atoms with Crippen molar-refractivity contribution in [1.82, 2.24) is 0 Å². The van der Waals surface area contributed by atoms with Crippen LogP contribution >= 0.6 is 0 Å². The molecule has 0 aliphatic heterocycles. The molecule has 1 atom stereocenters. The lowest BCUT2D eigenvalue weighted by atomic mass is 10.1. The van der Waals surface area contributed by atoms with E-state index in [1.807, 2.05) is 6.07 Å². The first-order valence-electron chi connectivity index (χ1n) is 6.38. The van der Waals surface area contributed by atoms with Gasteiger partial charge < -0.3 is 10.4 Å². The first kappa shape index (κ1) is 15.4. The van der Waals surface area contributed by atoms with Crippen LogP contribution in [-0.2, 0) is 0 Å². The highest BCUT2D eigenvalue weighted by Crippen LogP contribution is 2.29. The van der Waals surface area contributed by atoms with Crippen LogP contribution in [0.1, 0.15) is 11.7 Å². The van der Waals surface area contributed by atoms with Crippen molar-refractivity contribution >= 4 is 17.1 Å². The zero-order valence-corrected chi connectivity index (χ0v) is 11.4. The van der Waals surface area contributed by atoms with Crippen molar-refractivity contribution in [2.75, 3.05) is 11.9 Å².